The summed E-state index contributed by atoms with van der Waals surface area (Å²) >= 11 is 3.46. The molecule has 0 radical (unpaired) electrons. The van der Waals surface area contributed by atoms with Crippen LogP contribution in [-0.4, -0.2) is 15.7 Å². The molecule has 0 aliphatic rings. The predicted molar refractivity (Wildman–Crippen MR) is 121 cm³/mol. The van der Waals surface area contributed by atoms with Gasteiger partial charge in [-0.25, -0.2) is 4.39 Å². The summed E-state index contributed by atoms with van der Waals surface area (Å²) < 4.78 is 21.4. The Kier molecular flexibility index (Phi) is 6.43. The minimum Gasteiger partial charge on any atom is -0.488 e. The van der Waals surface area contributed by atoms with Gasteiger partial charge in [-0.15, -0.1) is 0 Å². The average Bonchev–Trinajstić information content (AvgIpc) is 3.21. The van der Waals surface area contributed by atoms with E-state index in [-0.39, 0.29) is 11.7 Å². The van der Waals surface area contributed by atoms with Gasteiger partial charge in [0.25, 0.3) is 5.91 Å². The Morgan fingerprint density at radius 2 is 1.84 bits per heavy atom. The molecule has 1 amide bonds. The van der Waals surface area contributed by atoms with E-state index in [9.17, 15) is 9.18 Å². The highest BCUT2D eigenvalue weighted by atomic mass is 79.9. The largest absolute Gasteiger partial charge is 0.488 e. The van der Waals surface area contributed by atoms with Gasteiger partial charge in [0, 0.05) is 11.8 Å². The molecule has 4 aromatic rings. The highest BCUT2D eigenvalue weighted by Crippen LogP contribution is 2.24. The predicted octanol–water partition coefficient (Wildman–Crippen LogP) is 5.66. The third-order valence-electron chi connectivity index (χ3n) is 4.57. The van der Waals surface area contributed by atoms with Crippen molar-refractivity contribution < 1.29 is 13.9 Å². The van der Waals surface area contributed by atoms with Crippen molar-refractivity contribution in [3.8, 4) is 5.75 Å². The van der Waals surface area contributed by atoms with E-state index >= 15 is 0 Å². The van der Waals surface area contributed by atoms with E-state index in [4.69, 9.17) is 4.74 Å². The number of aromatic nitrogens is 2. The summed E-state index contributed by atoms with van der Waals surface area (Å²) in [6.07, 6.45) is 3.32. The molecule has 0 fully saturated rings. The topological polar surface area (TPSA) is 56.2 Å². The van der Waals surface area contributed by atoms with Crippen LogP contribution < -0.4 is 10.1 Å². The zero-order valence-electron chi connectivity index (χ0n) is 16.5. The summed E-state index contributed by atoms with van der Waals surface area (Å²) in [7, 11) is 0. The van der Waals surface area contributed by atoms with Gasteiger partial charge in [0.1, 0.15) is 18.2 Å². The van der Waals surface area contributed by atoms with Gasteiger partial charge in [0.2, 0.25) is 0 Å². The first-order valence-corrected chi connectivity index (χ1v) is 10.4. The maximum atomic E-state index is 13.0. The average molecular weight is 480 g/mol. The molecule has 0 saturated heterocycles. The number of ether oxygens (including phenoxy) is 1. The van der Waals surface area contributed by atoms with Crippen LogP contribution >= 0.6 is 15.9 Å². The monoisotopic (exact) mass is 479 g/mol. The highest BCUT2D eigenvalue weighted by Gasteiger charge is 2.09. The lowest BCUT2D eigenvalue weighted by atomic mass is 10.1. The standard InChI is InChI=1S/C24H19BrFN3O2/c25-22-6-1-2-7-23(22)31-16-18-4-3-5-19(12-18)24(30)28-21-13-27-29(15-21)14-17-8-10-20(26)11-9-17/h1-13,15H,14,16H2,(H,28,30). The van der Waals surface area contributed by atoms with Gasteiger partial charge in [-0.1, -0.05) is 36.4 Å². The molecule has 7 heteroatoms. The maximum Gasteiger partial charge on any atom is 0.255 e. The summed E-state index contributed by atoms with van der Waals surface area (Å²) in [6.45, 7) is 0.831. The Labute approximate surface area is 187 Å². The molecular weight excluding hydrogens is 461 g/mol. The number of hydrogen-bond donors (Lipinski definition) is 1. The van der Waals surface area contributed by atoms with Crippen molar-refractivity contribution in [3.63, 3.8) is 0 Å². The first kappa shape index (κ1) is 20.8. The highest BCUT2D eigenvalue weighted by molar-refractivity contribution is 9.10. The van der Waals surface area contributed by atoms with Gasteiger partial charge in [-0.2, -0.15) is 5.10 Å². The van der Waals surface area contributed by atoms with E-state index < -0.39 is 0 Å². The number of benzene rings is 3. The third-order valence-corrected chi connectivity index (χ3v) is 5.22. The van der Waals surface area contributed by atoms with Crippen LogP contribution in [0.25, 0.3) is 0 Å². The van der Waals surface area contributed by atoms with Crippen LogP contribution in [0.2, 0.25) is 0 Å². The molecule has 31 heavy (non-hydrogen) atoms. The number of nitrogens with one attached hydrogen (secondary N) is 1. The fourth-order valence-electron chi connectivity index (χ4n) is 3.02. The van der Waals surface area contributed by atoms with E-state index in [0.717, 1.165) is 21.3 Å². The van der Waals surface area contributed by atoms with Crippen molar-refractivity contribution in [1.82, 2.24) is 9.78 Å². The molecule has 156 valence electrons. The molecule has 1 heterocycles. The lowest BCUT2D eigenvalue weighted by molar-refractivity contribution is 0.102. The number of hydrogen-bond acceptors (Lipinski definition) is 3. The number of halogens is 2. The van der Waals surface area contributed by atoms with Gasteiger partial charge in [-0.3, -0.25) is 9.48 Å². The molecule has 3 aromatic carbocycles. The van der Waals surface area contributed by atoms with E-state index in [1.807, 2.05) is 36.4 Å². The molecule has 0 aliphatic carbocycles. The van der Waals surface area contributed by atoms with Crippen LogP contribution in [0.4, 0.5) is 10.1 Å². The van der Waals surface area contributed by atoms with Gasteiger partial charge in [0.15, 0.2) is 0 Å². The van der Waals surface area contributed by atoms with E-state index in [0.29, 0.717) is 24.4 Å². The quantitative estimate of drug-likeness (QED) is 0.371. The van der Waals surface area contributed by atoms with Crippen LogP contribution in [-0.2, 0) is 13.2 Å². The van der Waals surface area contributed by atoms with Gasteiger partial charge >= 0.3 is 0 Å². The molecule has 0 atom stereocenters. The summed E-state index contributed by atoms with van der Waals surface area (Å²) in [5, 5.41) is 7.11. The number of rotatable bonds is 7. The molecule has 0 saturated carbocycles. The number of anilines is 1. The Bertz CT molecular complexity index is 1190. The SMILES string of the molecule is O=C(Nc1cnn(Cc2ccc(F)cc2)c1)c1cccc(COc2ccccc2Br)c1. The van der Waals surface area contributed by atoms with Gasteiger partial charge < -0.3 is 10.1 Å². The lowest BCUT2D eigenvalue weighted by Gasteiger charge is -2.09. The van der Waals surface area contributed by atoms with Crippen molar-refractivity contribution in [2.45, 2.75) is 13.2 Å². The van der Waals surface area contributed by atoms with Crippen LogP contribution in [0, 0.1) is 5.82 Å². The fourth-order valence-corrected chi connectivity index (χ4v) is 3.42. The number of amides is 1. The second-order valence-electron chi connectivity index (χ2n) is 6.93. The minimum atomic E-state index is -0.277. The lowest BCUT2D eigenvalue weighted by Crippen LogP contribution is -2.12. The normalized spacial score (nSPS) is 10.6. The van der Waals surface area contributed by atoms with E-state index in [1.165, 1.54) is 12.1 Å². The Morgan fingerprint density at radius 3 is 2.65 bits per heavy atom. The first-order chi connectivity index (χ1) is 15.1. The minimum absolute atomic E-state index is 0.232. The number of para-hydroxylation sites is 1. The smallest absolute Gasteiger partial charge is 0.255 e. The van der Waals surface area contributed by atoms with E-state index in [1.54, 1.807) is 41.3 Å². The summed E-state index contributed by atoms with van der Waals surface area (Å²) in [5.74, 6) is 0.233. The summed E-state index contributed by atoms with van der Waals surface area (Å²) in [6, 6.07) is 21.1. The molecule has 0 aliphatic heterocycles. The first-order valence-electron chi connectivity index (χ1n) is 9.61. The number of nitrogens with zero attached hydrogens (tertiary/aromatic N) is 2. The van der Waals surface area contributed by atoms with Crippen LogP contribution in [0.1, 0.15) is 21.5 Å². The zero-order valence-corrected chi connectivity index (χ0v) is 18.0. The van der Waals surface area contributed by atoms with Crippen molar-refractivity contribution in [3.05, 3.63) is 112 Å². The second kappa shape index (κ2) is 9.57. The van der Waals surface area contributed by atoms with Crippen molar-refractivity contribution in [2.24, 2.45) is 0 Å². The van der Waals surface area contributed by atoms with Crippen LogP contribution in [0.3, 0.4) is 0 Å². The molecule has 0 bridgehead atoms. The molecule has 0 spiro atoms. The summed E-state index contributed by atoms with van der Waals surface area (Å²) in [5.41, 5.74) is 2.91. The Hall–Kier alpha value is -3.45. The van der Waals surface area contributed by atoms with Crippen molar-refractivity contribution in [1.29, 1.82) is 0 Å². The van der Waals surface area contributed by atoms with Gasteiger partial charge in [0.05, 0.1) is 22.9 Å². The molecule has 5 nitrogen and oxygen atoms in total. The van der Waals surface area contributed by atoms with Crippen molar-refractivity contribution >= 4 is 27.5 Å². The fraction of sp³-hybridized carbons (Fsp3) is 0.0833. The molecule has 0 unspecified atom stereocenters. The third kappa shape index (κ3) is 5.58. The van der Waals surface area contributed by atoms with Crippen molar-refractivity contribution in [2.75, 3.05) is 5.32 Å². The van der Waals surface area contributed by atoms with Gasteiger partial charge in [-0.05, 0) is 63.5 Å². The van der Waals surface area contributed by atoms with Crippen LogP contribution in [0.5, 0.6) is 5.75 Å². The number of carbonyl (C=O) groups excluding carboxylic acids is 1. The number of carbonyl (C=O) groups is 1. The zero-order chi connectivity index (χ0) is 21.6. The summed E-state index contributed by atoms with van der Waals surface area (Å²) in [4.78, 5) is 12.7. The Balaban J connectivity index is 1.37. The molecule has 1 aromatic heterocycles. The maximum absolute atomic E-state index is 13.0. The van der Waals surface area contributed by atoms with Crippen LogP contribution in [0.15, 0.2) is 89.7 Å². The molecule has 4 rings (SSSR count). The van der Waals surface area contributed by atoms with E-state index in [2.05, 4.69) is 26.3 Å². The second-order valence-corrected chi connectivity index (χ2v) is 7.78. The molecular formula is C24H19BrFN3O2. The Morgan fingerprint density at radius 1 is 1.03 bits per heavy atom. The molecule has 1 N–H and O–H groups in total.